The molecule has 0 aromatic carbocycles. The van der Waals surface area contributed by atoms with E-state index < -0.39 is 5.97 Å². The first kappa shape index (κ1) is 14.0. The van der Waals surface area contributed by atoms with Crippen molar-refractivity contribution in [1.29, 1.82) is 0 Å². The lowest BCUT2D eigenvalue weighted by Gasteiger charge is -2.16. The van der Waals surface area contributed by atoms with Crippen LogP contribution in [0.5, 0.6) is 0 Å². The van der Waals surface area contributed by atoms with Gasteiger partial charge in [-0.1, -0.05) is 6.42 Å². The highest BCUT2D eigenvalue weighted by Gasteiger charge is 2.32. The number of carbonyl (C=O) groups is 2. The molecule has 0 bridgehead atoms. The highest BCUT2D eigenvalue weighted by molar-refractivity contribution is 5.76. The fourth-order valence-corrected chi connectivity index (χ4v) is 2.25. The molecule has 2 atom stereocenters. The summed E-state index contributed by atoms with van der Waals surface area (Å²) in [4.78, 5) is 22.3. The Morgan fingerprint density at radius 2 is 2.18 bits per heavy atom. The largest absolute Gasteiger partial charge is 0.481 e. The molecule has 1 amide bonds. The summed E-state index contributed by atoms with van der Waals surface area (Å²) in [7, 11) is 0. The second kappa shape index (κ2) is 7.27. The van der Waals surface area contributed by atoms with E-state index in [1.54, 1.807) is 0 Å². The molecule has 0 heterocycles. The normalized spacial score (nSPS) is 23.6. The van der Waals surface area contributed by atoms with E-state index in [0.29, 0.717) is 26.2 Å². The number of hydrogen-bond donors (Lipinski definition) is 2. The van der Waals surface area contributed by atoms with Crippen LogP contribution >= 0.6 is 0 Å². The lowest BCUT2D eigenvalue weighted by Crippen LogP contribution is -2.33. The van der Waals surface area contributed by atoms with Gasteiger partial charge in [-0.25, -0.2) is 0 Å². The summed E-state index contributed by atoms with van der Waals surface area (Å²) in [5.74, 6) is -1.00. The average molecular weight is 243 g/mol. The molecular formula is C12H21NO4. The third-order valence-electron chi connectivity index (χ3n) is 3.22. The zero-order valence-corrected chi connectivity index (χ0v) is 10.3. The first-order valence-corrected chi connectivity index (χ1v) is 6.22. The molecule has 5 heteroatoms. The first-order valence-electron chi connectivity index (χ1n) is 6.22. The van der Waals surface area contributed by atoms with Crippen LogP contribution in [0.25, 0.3) is 0 Å². The Labute approximate surface area is 102 Å². The summed E-state index contributed by atoms with van der Waals surface area (Å²) >= 11 is 0. The quantitative estimate of drug-likeness (QED) is 0.655. The molecule has 5 nitrogen and oxygen atoms in total. The SMILES string of the molecule is CCOCCC(=O)NCC1CCCC1C(=O)O. The second-order valence-electron chi connectivity index (χ2n) is 4.39. The van der Waals surface area contributed by atoms with E-state index >= 15 is 0 Å². The van der Waals surface area contributed by atoms with Crippen LogP contribution in [-0.2, 0) is 14.3 Å². The number of carboxylic acid groups (broad SMARTS) is 1. The van der Waals surface area contributed by atoms with Crippen molar-refractivity contribution in [3.05, 3.63) is 0 Å². The Hall–Kier alpha value is -1.10. The van der Waals surface area contributed by atoms with Crippen LogP contribution in [0.15, 0.2) is 0 Å². The Morgan fingerprint density at radius 1 is 1.41 bits per heavy atom. The van der Waals surface area contributed by atoms with Crippen LogP contribution in [-0.4, -0.2) is 36.7 Å². The van der Waals surface area contributed by atoms with Gasteiger partial charge in [0, 0.05) is 19.6 Å². The van der Waals surface area contributed by atoms with Crippen molar-refractivity contribution in [1.82, 2.24) is 5.32 Å². The van der Waals surface area contributed by atoms with Gasteiger partial charge in [0.1, 0.15) is 0 Å². The number of amides is 1. The van der Waals surface area contributed by atoms with E-state index in [1.165, 1.54) is 0 Å². The number of hydrogen-bond acceptors (Lipinski definition) is 3. The standard InChI is InChI=1S/C12H21NO4/c1-2-17-7-6-11(14)13-8-9-4-3-5-10(9)12(15)16/h9-10H,2-8H2,1H3,(H,13,14)(H,15,16). The summed E-state index contributed by atoms with van der Waals surface area (Å²) in [6.07, 6.45) is 2.91. The first-order chi connectivity index (χ1) is 8.15. The van der Waals surface area contributed by atoms with Crippen LogP contribution in [0, 0.1) is 11.8 Å². The van der Waals surface area contributed by atoms with Crippen molar-refractivity contribution in [3.63, 3.8) is 0 Å². The van der Waals surface area contributed by atoms with Gasteiger partial charge in [-0.05, 0) is 25.7 Å². The number of ether oxygens (including phenoxy) is 1. The van der Waals surface area contributed by atoms with Crippen LogP contribution < -0.4 is 5.32 Å². The number of carboxylic acids is 1. The van der Waals surface area contributed by atoms with Crippen molar-refractivity contribution in [3.8, 4) is 0 Å². The summed E-state index contributed by atoms with van der Waals surface area (Å²) in [5.41, 5.74) is 0. The predicted octanol–water partition coefficient (Wildman–Crippen LogP) is 1.03. The number of aliphatic carboxylic acids is 1. The molecule has 2 N–H and O–H groups in total. The Morgan fingerprint density at radius 3 is 2.82 bits per heavy atom. The van der Waals surface area contributed by atoms with Crippen LogP contribution in [0.1, 0.15) is 32.6 Å². The van der Waals surface area contributed by atoms with Gasteiger partial charge < -0.3 is 15.2 Å². The molecule has 0 saturated heterocycles. The molecule has 0 aromatic rings. The Balaban J connectivity index is 2.21. The average Bonchev–Trinajstić information content (AvgIpc) is 2.75. The molecule has 1 aliphatic rings. The van der Waals surface area contributed by atoms with Gasteiger partial charge in [0.2, 0.25) is 5.91 Å². The molecule has 1 aliphatic carbocycles. The Kier molecular flexibility index (Phi) is 5.97. The molecule has 0 aliphatic heterocycles. The molecule has 2 unspecified atom stereocenters. The minimum Gasteiger partial charge on any atom is -0.481 e. The van der Waals surface area contributed by atoms with Gasteiger partial charge in [0.05, 0.1) is 12.5 Å². The highest BCUT2D eigenvalue weighted by Crippen LogP contribution is 2.31. The molecule has 1 fully saturated rings. The minimum atomic E-state index is -0.740. The van der Waals surface area contributed by atoms with Crippen molar-refractivity contribution in [2.24, 2.45) is 11.8 Å². The van der Waals surface area contributed by atoms with E-state index in [0.717, 1.165) is 19.3 Å². The maximum Gasteiger partial charge on any atom is 0.306 e. The predicted molar refractivity (Wildman–Crippen MR) is 62.6 cm³/mol. The van der Waals surface area contributed by atoms with Crippen molar-refractivity contribution in [2.75, 3.05) is 19.8 Å². The molecular weight excluding hydrogens is 222 g/mol. The van der Waals surface area contributed by atoms with E-state index in [2.05, 4.69) is 5.32 Å². The molecule has 1 rings (SSSR count). The Bertz CT molecular complexity index is 267. The fourth-order valence-electron chi connectivity index (χ4n) is 2.25. The van der Waals surface area contributed by atoms with Crippen molar-refractivity contribution < 1.29 is 19.4 Å². The summed E-state index contributed by atoms with van der Waals surface area (Å²) in [5, 5.41) is 11.8. The fraction of sp³-hybridized carbons (Fsp3) is 0.833. The molecule has 98 valence electrons. The van der Waals surface area contributed by atoms with Gasteiger partial charge >= 0.3 is 5.97 Å². The molecule has 0 spiro atoms. The minimum absolute atomic E-state index is 0.0607. The monoisotopic (exact) mass is 243 g/mol. The lowest BCUT2D eigenvalue weighted by molar-refractivity contribution is -0.143. The van der Waals surface area contributed by atoms with Crippen molar-refractivity contribution in [2.45, 2.75) is 32.6 Å². The molecule has 0 aromatic heterocycles. The number of nitrogens with one attached hydrogen (secondary N) is 1. The van der Waals surface area contributed by atoms with Gasteiger partial charge in [0.25, 0.3) is 0 Å². The third-order valence-corrected chi connectivity index (χ3v) is 3.22. The van der Waals surface area contributed by atoms with E-state index in [9.17, 15) is 9.59 Å². The van der Waals surface area contributed by atoms with Crippen LogP contribution in [0.3, 0.4) is 0 Å². The smallest absolute Gasteiger partial charge is 0.306 e. The summed E-state index contributed by atoms with van der Waals surface area (Å²) in [6.45, 7) is 3.39. The number of carbonyl (C=O) groups excluding carboxylic acids is 1. The lowest BCUT2D eigenvalue weighted by atomic mass is 9.96. The van der Waals surface area contributed by atoms with Gasteiger partial charge in [-0.3, -0.25) is 9.59 Å². The topological polar surface area (TPSA) is 75.6 Å². The molecule has 1 saturated carbocycles. The third kappa shape index (κ3) is 4.73. The van der Waals surface area contributed by atoms with E-state index in [1.807, 2.05) is 6.92 Å². The maximum atomic E-state index is 11.4. The van der Waals surface area contributed by atoms with Gasteiger partial charge in [-0.2, -0.15) is 0 Å². The summed E-state index contributed by atoms with van der Waals surface area (Å²) in [6, 6.07) is 0. The van der Waals surface area contributed by atoms with Gasteiger partial charge in [-0.15, -0.1) is 0 Å². The van der Waals surface area contributed by atoms with E-state index in [-0.39, 0.29) is 17.7 Å². The number of rotatable bonds is 7. The zero-order valence-electron chi connectivity index (χ0n) is 10.3. The van der Waals surface area contributed by atoms with Crippen molar-refractivity contribution >= 4 is 11.9 Å². The molecule has 0 radical (unpaired) electrons. The van der Waals surface area contributed by atoms with E-state index in [4.69, 9.17) is 9.84 Å². The van der Waals surface area contributed by atoms with Crippen LogP contribution in [0.2, 0.25) is 0 Å². The van der Waals surface area contributed by atoms with Crippen LogP contribution in [0.4, 0.5) is 0 Å². The summed E-state index contributed by atoms with van der Waals surface area (Å²) < 4.78 is 5.08. The zero-order chi connectivity index (χ0) is 12.7. The second-order valence-corrected chi connectivity index (χ2v) is 4.39. The highest BCUT2D eigenvalue weighted by atomic mass is 16.5. The van der Waals surface area contributed by atoms with Gasteiger partial charge in [0.15, 0.2) is 0 Å². The molecule has 17 heavy (non-hydrogen) atoms. The maximum absolute atomic E-state index is 11.4.